The fraction of sp³-hybridized carbons (Fsp3) is 0.900. The predicted molar refractivity (Wildman–Crippen MR) is 53.9 cm³/mol. The summed E-state index contributed by atoms with van der Waals surface area (Å²) in [5, 5.41) is 3.13. The van der Waals surface area contributed by atoms with Gasteiger partial charge in [-0.05, 0) is 25.8 Å². The van der Waals surface area contributed by atoms with Gasteiger partial charge >= 0.3 is 6.43 Å². The van der Waals surface area contributed by atoms with E-state index in [0.29, 0.717) is 13.1 Å². The van der Waals surface area contributed by atoms with E-state index >= 15 is 0 Å². The summed E-state index contributed by atoms with van der Waals surface area (Å²) >= 11 is 0. The predicted octanol–water partition coefficient (Wildman–Crippen LogP) is 1.24. The summed E-state index contributed by atoms with van der Waals surface area (Å²) in [4.78, 5) is 12.6. The molecule has 1 N–H and O–H groups in total. The number of piperidine rings is 1. The van der Waals surface area contributed by atoms with Crippen molar-refractivity contribution < 1.29 is 13.6 Å². The third-order valence-electron chi connectivity index (χ3n) is 2.65. The Labute approximate surface area is 88.8 Å². The lowest BCUT2D eigenvalue weighted by Crippen LogP contribution is -2.50. The molecule has 1 fully saturated rings. The zero-order valence-electron chi connectivity index (χ0n) is 9.01. The minimum atomic E-state index is -2.88. The van der Waals surface area contributed by atoms with Crippen LogP contribution in [-0.4, -0.2) is 42.9 Å². The number of nitrogens with zero attached hydrogens (tertiary/aromatic N) is 1. The maximum absolute atomic E-state index is 12.3. The Kier molecular flexibility index (Phi) is 4.94. The van der Waals surface area contributed by atoms with Crippen molar-refractivity contribution in [2.45, 2.75) is 38.7 Å². The van der Waals surface area contributed by atoms with Crippen LogP contribution in [0, 0.1) is 0 Å². The minimum Gasteiger partial charge on any atom is -0.334 e. The van der Waals surface area contributed by atoms with Gasteiger partial charge in [-0.15, -0.1) is 0 Å². The fourth-order valence-electron chi connectivity index (χ4n) is 1.94. The number of halogens is 2. The molecule has 1 saturated heterocycles. The van der Waals surface area contributed by atoms with Gasteiger partial charge < -0.3 is 10.2 Å². The molecule has 1 aliphatic rings. The van der Waals surface area contributed by atoms with E-state index in [1.807, 2.05) is 6.92 Å². The van der Waals surface area contributed by atoms with Crippen LogP contribution in [0.25, 0.3) is 0 Å². The van der Waals surface area contributed by atoms with Crippen LogP contribution in [0.4, 0.5) is 8.78 Å². The van der Waals surface area contributed by atoms with Crippen molar-refractivity contribution in [1.82, 2.24) is 10.2 Å². The lowest BCUT2D eigenvalue weighted by atomic mass is 10.1. The number of nitrogens with one attached hydrogen (secondary N) is 1. The van der Waals surface area contributed by atoms with E-state index in [9.17, 15) is 13.6 Å². The van der Waals surface area contributed by atoms with E-state index in [2.05, 4.69) is 5.32 Å². The monoisotopic (exact) mass is 220 g/mol. The number of carbonyl (C=O) groups is 1. The third kappa shape index (κ3) is 3.41. The molecule has 0 spiro atoms. The highest BCUT2D eigenvalue weighted by molar-refractivity contribution is 5.79. The minimum absolute atomic E-state index is 0.0554. The topological polar surface area (TPSA) is 32.3 Å². The van der Waals surface area contributed by atoms with Crippen LogP contribution in [0.5, 0.6) is 0 Å². The fourth-order valence-corrected chi connectivity index (χ4v) is 1.94. The van der Waals surface area contributed by atoms with Gasteiger partial charge in [0.25, 0.3) is 5.91 Å². The SMILES string of the molecule is CCCN(C(=O)C(F)F)C1CCCNC1. The smallest absolute Gasteiger partial charge is 0.315 e. The lowest BCUT2D eigenvalue weighted by Gasteiger charge is -2.34. The van der Waals surface area contributed by atoms with E-state index in [4.69, 9.17) is 0 Å². The summed E-state index contributed by atoms with van der Waals surface area (Å²) in [7, 11) is 0. The number of carbonyl (C=O) groups excluding carboxylic acids is 1. The molecular weight excluding hydrogens is 202 g/mol. The first-order valence-corrected chi connectivity index (χ1v) is 5.46. The molecule has 1 unspecified atom stereocenters. The van der Waals surface area contributed by atoms with Crippen LogP contribution in [-0.2, 0) is 4.79 Å². The summed E-state index contributed by atoms with van der Waals surface area (Å²) < 4.78 is 24.7. The number of alkyl halides is 2. The largest absolute Gasteiger partial charge is 0.334 e. The zero-order chi connectivity index (χ0) is 11.3. The number of amides is 1. The van der Waals surface area contributed by atoms with Crippen LogP contribution in [0.15, 0.2) is 0 Å². The van der Waals surface area contributed by atoms with Crippen molar-refractivity contribution >= 4 is 5.91 Å². The van der Waals surface area contributed by atoms with Crippen LogP contribution in [0.3, 0.4) is 0 Å². The summed E-state index contributed by atoms with van der Waals surface area (Å²) in [5.74, 6) is -1.02. The first kappa shape index (κ1) is 12.4. The Morgan fingerprint density at radius 2 is 2.33 bits per heavy atom. The number of hydrogen-bond donors (Lipinski definition) is 1. The average molecular weight is 220 g/mol. The van der Waals surface area contributed by atoms with E-state index < -0.39 is 12.3 Å². The summed E-state index contributed by atoms with van der Waals surface area (Å²) in [5.41, 5.74) is 0. The number of hydrogen-bond acceptors (Lipinski definition) is 2. The number of rotatable bonds is 4. The Morgan fingerprint density at radius 3 is 2.80 bits per heavy atom. The first-order valence-electron chi connectivity index (χ1n) is 5.46. The second-order valence-electron chi connectivity index (χ2n) is 3.83. The van der Waals surface area contributed by atoms with Gasteiger partial charge in [-0.25, -0.2) is 0 Å². The van der Waals surface area contributed by atoms with Gasteiger partial charge in [-0.2, -0.15) is 8.78 Å². The van der Waals surface area contributed by atoms with Gasteiger partial charge in [0.2, 0.25) is 0 Å². The molecule has 3 nitrogen and oxygen atoms in total. The van der Waals surface area contributed by atoms with Crippen LogP contribution >= 0.6 is 0 Å². The van der Waals surface area contributed by atoms with Crippen LogP contribution < -0.4 is 5.32 Å². The van der Waals surface area contributed by atoms with Gasteiger partial charge in [-0.1, -0.05) is 6.92 Å². The molecule has 1 heterocycles. The van der Waals surface area contributed by atoms with E-state index in [1.165, 1.54) is 4.90 Å². The maximum Gasteiger partial charge on any atom is 0.315 e. The second kappa shape index (κ2) is 6.00. The molecule has 0 aromatic rings. The summed E-state index contributed by atoms with van der Waals surface area (Å²) in [6, 6.07) is -0.0554. The molecule has 0 bridgehead atoms. The average Bonchev–Trinajstić information content (AvgIpc) is 2.26. The van der Waals surface area contributed by atoms with Crippen molar-refractivity contribution in [3.63, 3.8) is 0 Å². The Balaban J connectivity index is 2.58. The molecule has 1 atom stereocenters. The molecule has 1 aliphatic heterocycles. The van der Waals surface area contributed by atoms with E-state index in [-0.39, 0.29) is 6.04 Å². The Bertz CT molecular complexity index is 206. The molecule has 0 radical (unpaired) electrons. The first-order chi connectivity index (χ1) is 7.16. The second-order valence-corrected chi connectivity index (χ2v) is 3.83. The van der Waals surface area contributed by atoms with E-state index in [0.717, 1.165) is 25.8 Å². The summed E-state index contributed by atoms with van der Waals surface area (Å²) in [6.45, 7) is 3.87. The molecule has 1 amide bonds. The van der Waals surface area contributed by atoms with Gasteiger partial charge in [-0.3, -0.25) is 4.79 Å². The third-order valence-corrected chi connectivity index (χ3v) is 2.65. The van der Waals surface area contributed by atoms with Crippen molar-refractivity contribution in [3.05, 3.63) is 0 Å². The molecule has 1 rings (SSSR count). The molecular formula is C10H18F2N2O. The molecule has 0 saturated carbocycles. The Morgan fingerprint density at radius 1 is 1.60 bits per heavy atom. The van der Waals surface area contributed by atoms with Gasteiger partial charge in [0.05, 0.1) is 0 Å². The zero-order valence-corrected chi connectivity index (χ0v) is 9.01. The molecule has 88 valence electrons. The summed E-state index contributed by atoms with van der Waals surface area (Å²) in [6.07, 6.45) is -0.388. The highest BCUT2D eigenvalue weighted by atomic mass is 19.3. The highest BCUT2D eigenvalue weighted by Gasteiger charge is 2.29. The highest BCUT2D eigenvalue weighted by Crippen LogP contribution is 2.13. The lowest BCUT2D eigenvalue weighted by molar-refractivity contribution is -0.145. The van der Waals surface area contributed by atoms with Crippen molar-refractivity contribution in [3.8, 4) is 0 Å². The van der Waals surface area contributed by atoms with Crippen LogP contribution in [0.2, 0.25) is 0 Å². The Hall–Kier alpha value is -0.710. The van der Waals surface area contributed by atoms with Gasteiger partial charge in [0, 0.05) is 19.1 Å². The molecule has 0 aromatic carbocycles. The molecule has 15 heavy (non-hydrogen) atoms. The maximum atomic E-state index is 12.3. The van der Waals surface area contributed by atoms with Crippen molar-refractivity contribution in [2.75, 3.05) is 19.6 Å². The molecule has 0 aliphatic carbocycles. The normalized spacial score (nSPS) is 21.7. The van der Waals surface area contributed by atoms with Crippen LogP contribution in [0.1, 0.15) is 26.2 Å². The standard InChI is InChI=1S/C10H18F2N2O/c1-2-6-14(10(15)9(11)12)8-4-3-5-13-7-8/h8-9,13H,2-7H2,1H3. The van der Waals surface area contributed by atoms with Gasteiger partial charge in [0.15, 0.2) is 0 Å². The van der Waals surface area contributed by atoms with Crippen molar-refractivity contribution in [2.24, 2.45) is 0 Å². The van der Waals surface area contributed by atoms with E-state index in [1.54, 1.807) is 0 Å². The molecule has 5 heteroatoms. The molecule has 0 aromatic heterocycles. The van der Waals surface area contributed by atoms with Gasteiger partial charge in [0.1, 0.15) is 0 Å². The quantitative estimate of drug-likeness (QED) is 0.773. The van der Waals surface area contributed by atoms with Crippen molar-refractivity contribution in [1.29, 1.82) is 0 Å².